The normalized spacial score (nSPS) is 10.0. The molecule has 0 amide bonds. The number of carboxylic acid groups (broad SMARTS) is 1. The molecule has 0 bridgehead atoms. The highest BCUT2D eigenvalue weighted by Gasteiger charge is 2.18. The van der Waals surface area contributed by atoms with Crippen LogP contribution in [0.25, 0.3) is 0 Å². The summed E-state index contributed by atoms with van der Waals surface area (Å²) in [4.78, 5) is 28.7. The van der Waals surface area contributed by atoms with Gasteiger partial charge in [-0.05, 0) is 11.6 Å². The monoisotopic (exact) mass is 274 g/mol. The maximum atomic E-state index is 10.9. The molecule has 0 saturated heterocycles. The van der Waals surface area contributed by atoms with Crippen molar-refractivity contribution >= 4 is 17.5 Å². The van der Waals surface area contributed by atoms with Crippen LogP contribution in [0.15, 0.2) is 36.8 Å². The van der Waals surface area contributed by atoms with Crippen LogP contribution in [-0.4, -0.2) is 26.0 Å². The molecule has 0 atom stereocenters. The zero-order valence-corrected chi connectivity index (χ0v) is 10.2. The second-order valence-corrected chi connectivity index (χ2v) is 3.87. The zero-order chi connectivity index (χ0) is 14.5. The molecule has 0 spiro atoms. The molecule has 0 aliphatic heterocycles. The van der Waals surface area contributed by atoms with Gasteiger partial charge in [-0.15, -0.1) is 0 Å². The number of hydrogen-bond donors (Lipinski definition) is 2. The van der Waals surface area contributed by atoms with Crippen LogP contribution in [0.5, 0.6) is 0 Å². The van der Waals surface area contributed by atoms with Crippen molar-refractivity contribution < 1.29 is 14.8 Å². The third-order valence-electron chi connectivity index (χ3n) is 2.49. The van der Waals surface area contributed by atoms with Gasteiger partial charge in [0.1, 0.15) is 0 Å². The number of aromatic nitrogens is 2. The van der Waals surface area contributed by atoms with Crippen molar-refractivity contribution in [1.29, 1.82) is 0 Å². The van der Waals surface area contributed by atoms with Gasteiger partial charge in [-0.25, -0.2) is 9.78 Å². The minimum atomic E-state index is -1.26. The van der Waals surface area contributed by atoms with Crippen LogP contribution in [-0.2, 0) is 6.54 Å². The van der Waals surface area contributed by atoms with Gasteiger partial charge < -0.3 is 10.4 Å². The number of anilines is 1. The fourth-order valence-electron chi connectivity index (χ4n) is 1.53. The predicted molar refractivity (Wildman–Crippen MR) is 69.4 cm³/mol. The Morgan fingerprint density at radius 2 is 2.25 bits per heavy atom. The minimum absolute atomic E-state index is 0.0175. The van der Waals surface area contributed by atoms with Crippen molar-refractivity contribution in [3.63, 3.8) is 0 Å². The first kappa shape index (κ1) is 13.4. The molecule has 0 aliphatic rings. The van der Waals surface area contributed by atoms with Gasteiger partial charge in [0, 0.05) is 31.2 Å². The van der Waals surface area contributed by atoms with Gasteiger partial charge in [0.15, 0.2) is 0 Å². The molecule has 0 saturated carbocycles. The van der Waals surface area contributed by atoms with E-state index in [0.29, 0.717) is 6.54 Å². The largest absolute Gasteiger partial charge is 0.478 e. The van der Waals surface area contributed by atoms with Gasteiger partial charge >= 0.3 is 11.7 Å². The standard InChI is InChI=1S/C12H10N4O4/c17-12(18)9-4-10(16(19)20)11(15-7-9)14-6-8-2-1-3-13-5-8/h1-5,7H,6H2,(H,14,15)(H,17,18). The quantitative estimate of drug-likeness (QED) is 0.629. The molecule has 2 N–H and O–H groups in total. The number of hydrogen-bond acceptors (Lipinski definition) is 6. The highest BCUT2D eigenvalue weighted by atomic mass is 16.6. The lowest BCUT2D eigenvalue weighted by atomic mass is 10.2. The lowest BCUT2D eigenvalue weighted by Crippen LogP contribution is -2.07. The summed E-state index contributed by atoms with van der Waals surface area (Å²) in [6, 6.07) is 4.52. The van der Waals surface area contributed by atoms with Gasteiger partial charge in [0.2, 0.25) is 5.82 Å². The van der Waals surface area contributed by atoms with E-state index in [2.05, 4.69) is 15.3 Å². The van der Waals surface area contributed by atoms with Gasteiger partial charge in [0.25, 0.3) is 0 Å². The first-order valence-corrected chi connectivity index (χ1v) is 5.58. The van der Waals surface area contributed by atoms with E-state index < -0.39 is 10.9 Å². The number of carbonyl (C=O) groups is 1. The average Bonchev–Trinajstić information content (AvgIpc) is 2.45. The van der Waals surface area contributed by atoms with Crippen molar-refractivity contribution in [3.8, 4) is 0 Å². The maximum Gasteiger partial charge on any atom is 0.337 e. The van der Waals surface area contributed by atoms with Crippen LogP contribution in [0.2, 0.25) is 0 Å². The molecule has 0 aromatic carbocycles. The molecule has 8 nitrogen and oxygen atoms in total. The summed E-state index contributed by atoms with van der Waals surface area (Å²) in [6.07, 6.45) is 4.30. The maximum absolute atomic E-state index is 10.9. The Bertz CT molecular complexity index is 645. The van der Waals surface area contributed by atoms with E-state index in [4.69, 9.17) is 5.11 Å². The Labute approximate surface area is 113 Å². The minimum Gasteiger partial charge on any atom is -0.478 e. The van der Waals surface area contributed by atoms with E-state index in [9.17, 15) is 14.9 Å². The molecule has 0 fully saturated rings. The number of nitrogens with zero attached hydrogens (tertiary/aromatic N) is 3. The summed E-state index contributed by atoms with van der Waals surface area (Å²) >= 11 is 0. The summed E-state index contributed by atoms with van der Waals surface area (Å²) in [5, 5.41) is 22.5. The number of aromatic carboxylic acids is 1. The predicted octanol–water partition coefficient (Wildman–Crippen LogP) is 1.70. The molecule has 0 aliphatic carbocycles. The second-order valence-electron chi connectivity index (χ2n) is 3.87. The van der Waals surface area contributed by atoms with E-state index in [1.54, 1.807) is 24.5 Å². The molecule has 2 aromatic rings. The number of rotatable bonds is 5. The Balaban J connectivity index is 2.23. The van der Waals surface area contributed by atoms with E-state index >= 15 is 0 Å². The van der Waals surface area contributed by atoms with Gasteiger partial charge in [-0.3, -0.25) is 15.1 Å². The summed E-state index contributed by atoms with van der Waals surface area (Å²) < 4.78 is 0. The van der Waals surface area contributed by atoms with Crippen LogP contribution in [0.1, 0.15) is 15.9 Å². The van der Waals surface area contributed by atoms with Crippen molar-refractivity contribution in [3.05, 3.63) is 58.0 Å². The fourth-order valence-corrected chi connectivity index (χ4v) is 1.53. The summed E-state index contributed by atoms with van der Waals surface area (Å²) in [5.41, 5.74) is 0.211. The molecule has 0 radical (unpaired) electrons. The van der Waals surface area contributed by atoms with Crippen molar-refractivity contribution in [1.82, 2.24) is 9.97 Å². The molecule has 0 unspecified atom stereocenters. The number of nitro groups is 1. The first-order chi connectivity index (χ1) is 9.58. The van der Waals surface area contributed by atoms with Gasteiger partial charge in [0.05, 0.1) is 10.5 Å². The smallest absolute Gasteiger partial charge is 0.337 e. The van der Waals surface area contributed by atoms with Crippen LogP contribution in [0, 0.1) is 10.1 Å². The molecule has 2 aromatic heterocycles. The van der Waals surface area contributed by atoms with Crippen molar-refractivity contribution in [2.24, 2.45) is 0 Å². The van der Waals surface area contributed by atoms with Crippen LogP contribution in [0.4, 0.5) is 11.5 Å². The van der Waals surface area contributed by atoms with Gasteiger partial charge in [-0.1, -0.05) is 6.07 Å². The second kappa shape index (κ2) is 5.74. The Hall–Kier alpha value is -3.03. The number of pyridine rings is 2. The lowest BCUT2D eigenvalue weighted by molar-refractivity contribution is -0.384. The van der Waals surface area contributed by atoms with E-state index in [1.807, 2.05) is 0 Å². The van der Waals surface area contributed by atoms with E-state index in [0.717, 1.165) is 17.8 Å². The SMILES string of the molecule is O=C(O)c1cnc(NCc2cccnc2)c([N+](=O)[O-])c1. The summed E-state index contributed by atoms with van der Waals surface area (Å²) in [7, 11) is 0. The molecule has 102 valence electrons. The van der Waals surface area contributed by atoms with Crippen LogP contribution < -0.4 is 5.32 Å². The van der Waals surface area contributed by atoms with Crippen LogP contribution >= 0.6 is 0 Å². The molecule has 2 heterocycles. The van der Waals surface area contributed by atoms with E-state index in [1.165, 1.54) is 0 Å². The van der Waals surface area contributed by atoms with Crippen molar-refractivity contribution in [2.75, 3.05) is 5.32 Å². The highest BCUT2D eigenvalue weighted by molar-refractivity contribution is 5.88. The third kappa shape index (κ3) is 3.05. The molecule has 20 heavy (non-hydrogen) atoms. The molecular weight excluding hydrogens is 264 g/mol. The topological polar surface area (TPSA) is 118 Å². The molecular formula is C12H10N4O4. The average molecular weight is 274 g/mol. The molecule has 8 heteroatoms. The summed E-state index contributed by atoms with van der Waals surface area (Å²) in [5.74, 6) is -1.25. The Morgan fingerprint density at radius 1 is 1.45 bits per heavy atom. The van der Waals surface area contributed by atoms with Crippen LogP contribution in [0.3, 0.4) is 0 Å². The number of carboxylic acids is 1. The fraction of sp³-hybridized carbons (Fsp3) is 0.0833. The lowest BCUT2D eigenvalue weighted by Gasteiger charge is -2.06. The molecule has 2 rings (SSSR count). The van der Waals surface area contributed by atoms with Gasteiger partial charge in [-0.2, -0.15) is 0 Å². The summed E-state index contributed by atoms with van der Waals surface area (Å²) in [6.45, 7) is 0.300. The van der Waals surface area contributed by atoms with Crippen molar-refractivity contribution in [2.45, 2.75) is 6.54 Å². The third-order valence-corrected chi connectivity index (χ3v) is 2.49. The first-order valence-electron chi connectivity index (χ1n) is 5.58. The van der Waals surface area contributed by atoms with E-state index in [-0.39, 0.29) is 17.1 Å². The zero-order valence-electron chi connectivity index (χ0n) is 10.2. The number of nitrogens with one attached hydrogen (secondary N) is 1. The Kier molecular flexibility index (Phi) is 3.85. The highest BCUT2D eigenvalue weighted by Crippen LogP contribution is 2.23. The Morgan fingerprint density at radius 3 is 2.85 bits per heavy atom.